The zero-order valence-corrected chi connectivity index (χ0v) is 16.2. The van der Waals surface area contributed by atoms with Gasteiger partial charge < -0.3 is 15.3 Å². The highest BCUT2D eigenvalue weighted by molar-refractivity contribution is 6.39. The second-order valence-electron chi connectivity index (χ2n) is 7.31. The summed E-state index contributed by atoms with van der Waals surface area (Å²) < 4.78 is 1.76. The summed E-state index contributed by atoms with van der Waals surface area (Å²) in [7, 11) is 0. The van der Waals surface area contributed by atoms with Crippen LogP contribution in [0, 0.1) is 25.7 Å². The third-order valence-electron chi connectivity index (χ3n) is 5.12. The smallest absolute Gasteiger partial charge is 0.313 e. The van der Waals surface area contributed by atoms with Gasteiger partial charge in [0.2, 0.25) is 0 Å². The van der Waals surface area contributed by atoms with E-state index in [2.05, 4.69) is 10.4 Å². The molecule has 1 aliphatic rings. The van der Waals surface area contributed by atoms with Crippen LogP contribution in [0.2, 0.25) is 0 Å². The molecule has 1 aromatic heterocycles. The minimum absolute atomic E-state index is 0.0259. The van der Waals surface area contributed by atoms with Crippen molar-refractivity contribution in [3.63, 3.8) is 0 Å². The number of anilines is 1. The van der Waals surface area contributed by atoms with Crippen molar-refractivity contribution in [1.82, 2.24) is 14.7 Å². The highest BCUT2D eigenvalue weighted by Crippen LogP contribution is 2.24. The molecule has 148 valence electrons. The molecule has 28 heavy (non-hydrogen) atoms. The molecule has 1 aliphatic heterocycles. The quantitative estimate of drug-likeness (QED) is 0.788. The lowest BCUT2D eigenvalue weighted by Crippen LogP contribution is -2.49. The Kier molecular flexibility index (Phi) is 5.48. The van der Waals surface area contributed by atoms with Crippen molar-refractivity contribution in [2.75, 3.05) is 18.4 Å². The fourth-order valence-electron chi connectivity index (χ4n) is 3.51. The van der Waals surface area contributed by atoms with Crippen LogP contribution in [-0.4, -0.2) is 50.7 Å². The van der Waals surface area contributed by atoms with Gasteiger partial charge in [0.1, 0.15) is 0 Å². The molecule has 3 rings (SSSR count). The molecule has 0 spiro atoms. The summed E-state index contributed by atoms with van der Waals surface area (Å²) in [5, 5.41) is 16.3. The Balaban J connectivity index is 1.71. The molecule has 1 aromatic carbocycles. The monoisotopic (exact) mass is 384 g/mol. The number of amides is 2. The lowest BCUT2D eigenvalue weighted by atomic mass is 9.87. The van der Waals surface area contributed by atoms with Crippen LogP contribution >= 0.6 is 0 Å². The van der Waals surface area contributed by atoms with Crippen molar-refractivity contribution in [1.29, 1.82) is 0 Å². The van der Waals surface area contributed by atoms with Gasteiger partial charge in [-0.05, 0) is 50.5 Å². The fourth-order valence-corrected chi connectivity index (χ4v) is 3.51. The number of nitrogens with zero attached hydrogens (tertiary/aromatic N) is 3. The van der Waals surface area contributed by atoms with Crippen molar-refractivity contribution in [3.8, 4) is 5.69 Å². The maximum absolute atomic E-state index is 12.5. The number of nitrogens with one attached hydrogen (secondary N) is 1. The number of carbonyl (C=O) groups excluding carboxylic acids is 2. The Morgan fingerprint density at radius 1 is 1.21 bits per heavy atom. The van der Waals surface area contributed by atoms with Gasteiger partial charge in [0.05, 0.1) is 17.3 Å². The molecule has 8 heteroatoms. The van der Waals surface area contributed by atoms with Gasteiger partial charge >= 0.3 is 17.8 Å². The number of hydrogen-bond donors (Lipinski definition) is 2. The number of likely N-dealkylation sites (tertiary alicyclic amines) is 1. The number of aryl methyl sites for hydroxylation is 2. The zero-order valence-electron chi connectivity index (χ0n) is 16.2. The highest BCUT2D eigenvalue weighted by atomic mass is 16.4. The predicted octanol–water partition coefficient (Wildman–Crippen LogP) is 2.00. The molecule has 2 unspecified atom stereocenters. The van der Waals surface area contributed by atoms with Gasteiger partial charge in [-0.25, -0.2) is 4.68 Å². The fraction of sp³-hybridized carbons (Fsp3) is 0.400. The third kappa shape index (κ3) is 4.05. The first-order valence-corrected chi connectivity index (χ1v) is 9.23. The zero-order chi connectivity index (χ0) is 20.4. The number of carboxylic acids is 1. The number of carboxylic acid groups (broad SMARTS) is 1. The molecule has 1 saturated heterocycles. The summed E-state index contributed by atoms with van der Waals surface area (Å²) in [6.07, 6.45) is 0.559. The SMILES string of the molecule is Cc1cc(C)n(-c2cccc(NC(=O)C(=O)N3CCC(C)C(C(=O)O)C3)c2)n1. The van der Waals surface area contributed by atoms with Gasteiger partial charge in [-0.2, -0.15) is 5.10 Å². The van der Waals surface area contributed by atoms with Crippen molar-refractivity contribution < 1.29 is 19.5 Å². The van der Waals surface area contributed by atoms with E-state index in [0.29, 0.717) is 18.7 Å². The molecule has 0 bridgehead atoms. The summed E-state index contributed by atoms with van der Waals surface area (Å²) in [5.74, 6) is -3.11. The van der Waals surface area contributed by atoms with E-state index in [4.69, 9.17) is 0 Å². The first-order valence-electron chi connectivity index (χ1n) is 9.23. The topological polar surface area (TPSA) is 105 Å². The Morgan fingerprint density at radius 2 is 1.96 bits per heavy atom. The first-order chi connectivity index (χ1) is 13.3. The van der Waals surface area contributed by atoms with Crippen LogP contribution in [0.5, 0.6) is 0 Å². The van der Waals surface area contributed by atoms with Crippen LogP contribution in [-0.2, 0) is 14.4 Å². The number of carbonyl (C=O) groups is 3. The Labute approximate surface area is 163 Å². The van der Waals surface area contributed by atoms with Crippen molar-refractivity contribution in [2.24, 2.45) is 11.8 Å². The minimum atomic E-state index is -0.942. The van der Waals surface area contributed by atoms with E-state index >= 15 is 0 Å². The Bertz CT molecular complexity index is 921. The molecule has 0 radical (unpaired) electrons. The van der Waals surface area contributed by atoms with Gasteiger partial charge in [-0.3, -0.25) is 14.4 Å². The number of aliphatic carboxylic acids is 1. The summed E-state index contributed by atoms with van der Waals surface area (Å²) in [6, 6.07) is 9.02. The van der Waals surface area contributed by atoms with E-state index in [1.165, 1.54) is 4.90 Å². The minimum Gasteiger partial charge on any atom is -0.481 e. The molecule has 8 nitrogen and oxygen atoms in total. The number of rotatable bonds is 3. The van der Waals surface area contributed by atoms with Crippen LogP contribution in [0.4, 0.5) is 5.69 Å². The van der Waals surface area contributed by atoms with Gasteiger partial charge in [0.15, 0.2) is 0 Å². The number of piperidine rings is 1. The van der Waals surface area contributed by atoms with Crippen LogP contribution in [0.1, 0.15) is 24.7 Å². The standard InChI is InChI=1S/C20H24N4O4/c1-12-7-8-23(11-17(12)20(27)28)19(26)18(25)21-15-5-4-6-16(10-15)24-14(3)9-13(2)22-24/h4-6,9-10,12,17H,7-8,11H2,1-3H3,(H,21,25)(H,27,28). The van der Waals surface area contributed by atoms with Crippen LogP contribution in [0.15, 0.2) is 30.3 Å². The van der Waals surface area contributed by atoms with Gasteiger partial charge in [0, 0.05) is 24.5 Å². The van der Waals surface area contributed by atoms with E-state index in [0.717, 1.165) is 17.1 Å². The molecule has 2 N–H and O–H groups in total. The molecule has 2 aromatic rings. The number of aromatic nitrogens is 2. The molecule has 2 atom stereocenters. The van der Waals surface area contributed by atoms with Crippen LogP contribution in [0.3, 0.4) is 0 Å². The normalized spacial score (nSPS) is 19.3. The number of hydrogen-bond acceptors (Lipinski definition) is 4. The maximum atomic E-state index is 12.5. The van der Waals surface area contributed by atoms with Crippen molar-refractivity contribution in [2.45, 2.75) is 27.2 Å². The lowest BCUT2D eigenvalue weighted by Gasteiger charge is -2.34. The molecule has 2 amide bonds. The summed E-state index contributed by atoms with van der Waals surface area (Å²) in [4.78, 5) is 37.6. The van der Waals surface area contributed by atoms with Gasteiger partial charge in [-0.1, -0.05) is 13.0 Å². The summed E-state index contributed by atoms with van der Waals surface area (Å²) in [5.41, 5.74) is 3.09. The second kappa shape index (κ2) is 7.84. The van der Waals surface area contributed by atoms with Gasteiger partial charge in [0.25, 0.3) is 0 Å². The average Bonchev–Trinajstić information content (AvgIpc) is 2.99. The first kappa shape index (κ1) is 19.6. The summed E-state index contributed by atoms with van der Waals surface area (Å²) >= 11 is 0. The highest BCUT2D eigenvalue weighted by Gasteiger charge is 2.35. The Hall–Kier alpha value is -3.16. The van der Waals surface area contributed by atoms with Crippen molar-refractivity contribution >= 4 is 23.5 Å². The molecular weight excluding hydrogens is 360 g/mol. The van der Waals surface area contributed by atoms with E-state index < -0.39 is 23.7 Å². The second-order valence-corrected chi connectivity index (χ2v) is 7.31. The lowest BCUT2D eigenvalue weighted by molar-refractivity contribution is -0.151. The van der Waals surface area contributed by atoms with Crippen molar-refractivity contribution in [3.05, 3.63) is 41.7 Å². The molecular formula is C20H24N4O4. The molecule has 2 heterocycles. The Morgan fingerprint density at radius 3 is 2.61 bits per heavy atom. The molecule has 0 aliphatic carbocycles. The van der Waals surface area contributed by atoms with E-state index in [1.54, 1.807) is 22.9 Å². The van der Waals surface area contributed by atoms with E-state index in [9.17, 15) is 19.5 Å². The van der Waals surface area contributed by atoms with Crippen LogP contribution < -0.4 is 5.32 Å². The van der Waals surface area contributed by atoms with E-state index in [-0.39, 0.29) is 12.5 Å². The van der Waals surface area contributed by atoms with Gasteiger partial charge in [-0.15, -0.1) is 0 Å². The van der Waals surface area contributed by atoms with E-state index in [1.807, 2.05) is 32.9 Å². The largest absolute Gasteiger partial charge is 0.481 e. The average molecular weight is 384 g/mol. The number of benzene rings is 1. The van der Waals surface area contributed by atoms with Crippen LogP contribution in [0.25, 0.3) is 5.69 Å². The summed E-state index contributed by atoms with van der Waals surface area (Å²) in [6.45, 7) is 6.12. The predicted molar refractivity (Wildman–Crippen MR) is 103 cm³/mol. The molecule has 0 saturated carbocycles. The maximum Gasteiger partial charge on any atom is 0.313 e. The molecule has 1 fully saturated rings. The third-order valence-corrected chi connectivity index (χ3v) is 5.12.